The minimum atomic E-state index is -0.652. The van der Waals surface area contributed by atoms with Gasteiger partial charge in [-0.25, -0.2) is 0 Å². The molecule has 3 atom stereocenters. The monoisotopic (exact) mass is 297 g/mol. The van der Waals surface area contributed by atoms with Crippen molar-refractivity contribution in [2.24, 2.45) is 0 Å². The van der Waals surface area contributed by atoms with Gasteiger partial charge in [0.05, 0.1) is 6.04 Å². The predicted molar refractivity (Wildman–Crippen MR) is 83.9 cm³/mol. The fourth-order valence-corrected chi connectivity index (χ4v) is 2.53. The topological polar surface area (TPSA) is 47.6 Å². The number of hydrogen-bond donors (Lipinski definition) is 1. The van der Waals surface area contributed by atoms with Gasteiger partial charge in [0.15, 0.2) is 11.5 Å². The second kappa shape index (κ2) is 6.10. The molecule has 1 aliphatic rings. The Bertz CT molecular complexity index is 656. The van der Waals surface area contributed by atoms with Crippen LogP contribution in [0.2, 0.25) is 0 Å². The highest BCUT2D eigenvalue weighted by Gasteiger charge is 2.34. The summed E-state index contributed by atoms with van der Waals surface area (Å²) in [5, 5.41) is 2.98. The fourth-order valence-electron chi connectivity index (χ4n) is 2.53. The molecule has 114 valence electrons. The predicted octanol–water partition coefficient (Wildman–Crippen LogP) is 3.09. The number of para-hydroxylation sites is 2. The molecule has 0 spiro atoms. The Hall–Kier alpha value is -2.49. The summed E-state index contributed by atoms with van der Waals surface area (Å²) in [5.41, 5.74) is 1.06. The highest BCUT2D eigenvalue weighted by atomic mass is 16.6. The number of ether oxygens (including phenoxy) is 2. The number of benzene rings is 2. The Morgan fingerprint density at radius 3 is 2.27 bits per heavy atom. The first-order chi connectivity index (χ1) is 10.6. The van der Waals surface area contributed by atoms with E-state index in [4.69, 9.17) is 9.47 Å². The lowest BCUT2D eigenvalue weighted by molar-refractivity contribution is -0.134. The van der Waals surface area contributed by atoms with Crippen LogP contribution in [0, 0.1) is 0 Å². The molecule has 4 heteroatoms. The van der Waals surface area contributed by atoms with E-state index < -0.39 is 6.10 Å². The number of fused-ring (bicyclic) bond motifs is 1. The highest BCUT2D eigenvalue weighted by Crippen LogP contribution is 2.33. The van der Waals surface area contributed by atoms with Gasteiger partial charge in [0.1, 0.15) is 6.10 Å². The third kappa shape index (κ3) is 2.91. The van der Waals surface area contributed by atoms with Gasteiger partial charge in [-0.15, -0.1) is 0 Å². The second-order valence-electron chi connectivity index (χ2n) is 5.45. The molecule has 0 saturated carbocycles. The maximum atomic E-state index is 12.5. The van der Waals surface area contributed by atoms with E-state index in [0.717, 1.165) is 5.56 Å². The molecule has 2 aromatic rings. The maximum absolute atomic E-state index is 12.5. The second-order valence-corrected chi connectivity index (χ2v) is 5.45. The van der Waals surface area contributed by atoms with Crippen LogP contribution in [0.3, 0.4) is 0 Å². The molecule has 0 radical (unpaired) electrons. The molecule has 0 fully saturated rings. The first-order valence-corrected chi connectivity index (χ1v) is 7.43. The van der Waals surface area contributed by atoms with Gasteiger partial charge in [0.2, 0.25) is 6.10 Å². The first kappa shape index (κ1) is 14.4. The SMILES string of the molecule is CC(NC(=O)C1Oc2ccccc2OC1C)c1ccccc1. The van der Waals surface area contributed by atoms with E-state index in [2.05, 4.69) is 5.32 Å². The quantitative estimate of drug-likeness (QED) is 0.947. The van der Waals surface area contributed by atoms with Gasteiger partial charge >= 0.3 is 0 Å². The summed E-state index contributed by atoms with van der Waals surface area (Å²) in [6.07, 6.45) is -0.987. The van der Waals surface area contributed by atoms with Crippen LogP contribution >= 0.6 is 0 Å². The van der Waals surface area contributed by atoms with Crippen LogP contribution in [0.15, 0.2) is 54.6 Å². The molecular formula is C18H19NO3. The Morgan fingerprint density at radius 2 is 1.59 bits per heavy atom. The van der Waals surface area contributed by atoms with Gasteiger partial charge in [0.25, 0.3) is 5.91 Å². The van der Waals surface area contributed by atoms with Gasteiger partial charge in [-0.2, -0.15) is 0 Å². The van der Waals surface area contributed by atoms with Crippen molar-refractivity contribution in [3.8, 4) is 11.5 Å². The van der Waals surface area contributed by atoms with Crippen LogP contribution in [0.25, 0.3) is 0 Å². The minimum Gasteiger partial charge on any atom is -0.482 e. The standard InChI is InChI=1S/C18H19NO3/c1-12(14-8-4-3-5-9-14)19-18(20)17-13(2)21-15-10-6-7-11-16(15)22-17/h3-13,17H,1-2H3,(H,19,20). The molecule has 1 aliphatic heterocycles. The average molecular weight is 297 g/mol. The summed E-state index contributed by atoms with van der Waals surface area (Å²) >= 11 is 0. The van der Waals surface area contributed by atoms with E-state index in [0.29, 0.717) is 11.5 Å². The number of carbonyl (C=O) groups is 1. The molecule has 1 heterocycles. The molecule has 0 aliphatic carbocycles. The maximum Gasteiger partial charge on any atom is 0.265 e. The minimum absolute atomic E-state index is 0.0818. The van der Waals surface area contributed by atoms with Crippen molar-refractivity contribution in [2.75, 3.05) is 0 Å². The highest BCUT2D eigenvalue weighted by molar-refractivity contribution is 5.82. The molecule has 4 nitrogen and oxygen atoms in total. The zero-order valence-corrected chi connectivity index (χ0v) is 12.7. The van der Waals surface area contributed by atoms with E-state index in [1.807, 2.05) is 68.4 Å². The number of amides is 1. The van der Waals surface area contributed by atoms with Crippen molar-refractivity contribution in [3.63, 3.8) is 0 Å². The van der Waals surface area contributed by atoms with Crippen molar-refractivity contribution in [1.82, 2.24) is 5.32 Å². The molecule has 3 rings (SSSR count). The van der Waals surface area contributed by atoms with Crippen LogP contribution in [0.4, 0.5) is 0 Å². The Labute approximate surface area is 130 Å². The summed E-state index contributed by atoms with van der Waals surface area (Å²) in [6, 6.07) is 17.1. The Morgan fingerprint density at radius 1 is 1.00 bits per heavy atom. The van der Waals surface area contributed by atoms with Crippen molar-refractivity contribution >= 4 is 5.91 Å². The van der Waals surface area contributed by atoms with Crippen molar-refractivity contribution in [3.05, 3.63) is 60.2 Å². The number of carbonyl (C=O) groups excluding carboxylic acids is 1. The third-order valence-electron chi connectivity index (χ3n) is 3.76. The van der Waals surface area contributed by atoms with E-state index >= 15 is 0 Å². The van der Waals surface area contributed by atoms with Gasteiger partial charge in [-0.1, -0.05) is 42.5 Å². The van der Waals surface area contributed by atoms with Crippen LogP contribution in [-0.2, 0) is 4.79 Å². The van der Waals surface area contributed by atoms with E-state index in [1.54, 1.807) is 0 Å². The van der Waals surface area contributed by atoms with Gasteiger partial charge in [0, 0.05) is 0 Å². The molecule has 1 N–H and O–H groups in total. The van der Waals surface area contributed by atoms with Crippen LogP contribution < -0.4 is 14.8 Å². The van der Waals surface area contributed by atoms with Crippen molar-refractivity contribution < 1.29 is 14.3 Å². The van der Waals surface area contributed by atoms with Crippen LogP contribution in [0.5, 0.6) is 11.5 Å². The molecule has 0 saturated heterocycles. The zero-order valence-electron chi connectivity index (χ0n) is 12.7. The fraction of sp³-hybridized carbons (Fsp3) is 0.278. The summed E-state index contributed by atoms with van der Waals surface area (Å²) in [7, 11) is 0. The summed E-state index contributed by atoms with van der Waals surface area (Å²) in [4.78, 5) is 12.5. The zero-order chi connectivity index (χ0) is 15.5. The van der Waals surface area contributed by atoms with Gasteiger partial charge < -0.3 is 14.8 Å². The Kier molecular flexibility index (Phi) is 4.00. The van der Waals surface area contributed by atoms with Crippen molar-refractivity contribution in [1.29, 1.82) is 0 Å². The van der Waals surface area contributed by atoms with Crippen LogP contribution in [-0.4, -0.2) is 18.1 Å². The molecule has 2 aromatic carbocycles. The lowest BCUT2D eigenvalue weighted by Crippen LogP contribution is -2.49. The molecule has 3 unspecified atom stereocenters. The van der Waals surface area contributed by atoms with Crippen LogP contribution in [0.1, 0.15) is 25.5 Å². The smallest absolute Gasteiger partial charge is 0.265 e. The molecule has 22 heavy (non-hydrogen) atoms. The summed E-state index contributed by atoms with van der Waals surface area (Å²) < 4.78 is 11.6. The first-order valence-electron chi connectivity index (χ1n) is 7.43. The lowest BCUT2D eigenvalue weighted by atomic mass is 10.1. The van der Waals surface area contributed by atoms with Crippen molar-refractivity contribution in [2.45, 2.75) is 32.1 Å². The van der Waals surface area contributed by atoms with E-state index in [-0.39, 0.29) is 18.1 Å². The molecule has 1 amide bonds. The normalized spacial score (nSPS) is 21.0. The lowest BCUT2D eigenvalue weighted by Gasteiger charge is -2.31. The average Bonchev–Trinajstić information content (AvgIpc) is 2.54. The summed E-state index contributed by atoms with van der Waals surface area (Å²) in [6.45, 7) is 3.79. The van der Waals surface area contributed by atoms with Gasteiger partial charge in [-0.05, 0) is 31.5 Å². The molecular weight excluding hydrogens is 278 g/mol. The largest absolute Gasteiger partial charge is 0.482 e. The van der Waals surface area contributed by atoms with E-state index in [1.165, 1.54) is 0 Å². The molecule has 0 bridgehead atoms. The van der Waals surface area contributed by atoms with E-state index in [9.17, 15) is 4.79 Å². The third-order valence-corrected chi connectivity index (χ3v) is 3.76. The molecule has 0 aromatic heterocycles. The number of hydrogen-bond acceptors (Lipinski definition) is 3. The summed E-state index contributed by atoms with van der Waals surface area (Å²) in [5.74, 6) is 1.11. The Balaban J connectivity index is 1.70. The number of nitrogens with one attached hydrogen (secondary N) is 1. The number of rotatable bonds is 3. The van der Waals surface area contributed by atoms with Gasteiger partial charge in [-0.3, -0.25) is 4.79 Å².